The number of hydrogen-bond donors (Lipinski definition) is 1. The zero-order valence-corrected chi connectivity index (χ0v) is 25.3. The summed E-state index contributed by atoms with van der Waals surface area (Å²) in [6.45, 7) is 15.5. The smallest absolute Gasteiger partial charge is 0.231 e. The Hall–Kier alpha value is -2.68. The van der Waals surface area contributed by atoms with Crippen LogP contribution in [0.1, 0.15) is 87.2 Å². The summed E-state index contributed by atoms with van der Waals surface area (Å²) >= 11 is 5.96. The van der Waals surface area contributed by atoms with Crippen LogP contribution in [0.5, 0.6) is 0 Å². The van der Waals surface area contributed by atoms with E-state index in [1.807, 2.05) is 12.3 Å². The Morgan fingerprint density at radius 3 is 2.48 bits per heavy atom. The van der Waals surface area contributed by atoms with Gasteiger partial charge in [0.15, 0.2) is 5.15 Å². The Morgan fingerprint density at radius 1 is 1.02 bits per heavy atom. The highest BCUT2D eigenvalue weighted by Gasteiger charge is 2.58. The molecule has 5 rings (SSSR count). The molecule has 0 aliphatic heterocycles. The molecule has 2 bridgehead atoms. The zero-order chi connectivity index (χ0) is 28.9. The Bertz CT molecular complexity index is 1420. The Kier molecular flexibility index (Phi) is 7.43. The second-order valence-corrected chi connectivity index (χ2v) is 14.1. The average molecular weight is 565 g/mol. The van der Waals surface area contributed by atoms with Gasteiger partial charge >= 0.3 is 0 Å². The second-order valence-electron chi connectivity index (χ2n) is 13.8. The zero-order valence-electron chi connectivity index (χ0n) is 24.6. The molecule has 3 heterocycles. The topological polar surface area (TPSA) is 109 Å². The maximum atomic E-state index is 12.9. The Morgan fingerprint density at radius 2 is 1.80 bits per heavy atom. The number of hydrogen-bond acceptors (Lipinski definition) is 7. The Balaban J connectivity index is 1.36. The van der Waals surface area contributed by atoms with Gasteiger partial charge in [0.25, 0.3) is 0 Å². The van der Waals surface area contributed by atoms with Gasteiger partial charge in [0.2, 0.25) is 5.78 Å². The fourth-order valence-electron chi connectivity index (χ4n) is 8.30. The molecular weight excluding hydrogens is 524 g/mol. The number of carbonyl (C=O) groups is 1. The molecule has 3 aromatic heterocycles. The van der Waals surface area contributed by atoms with Gasteiger partial charge in [-0.2, -0.15) is 5.10 Å². The highest BCUT2D eigenvalue weighted by Crippen LogP contribution is 2.63. The van der Waals surface area contributed by atoms with Crippen molar-refractivity contribution in [2.75, 3.05) is 13.2 Å². The second kappa shape index (κ2) is 10.3. The van der Waals surface area contributed by atoms with Gasteiger partial charge < -0.3 is 10.5 Å². The molecule has 3 unspecified atom stereocenters. The third-order valence-corrected chi connectivity index (χ3v) is 9.06. The van der Waals surface area contributed by atoms with Crippen LogP contribution in [0.15, 0.2) is 30.6 Å². The number of pyridine rings is 1. The van der Waals surface area contributed by atoms with E-state index >= 15 is 0 Å². The lowest BCUT2D eigenvalue weighted by Gasteiger charge is -2.61. The molecule has 2 N–H and O–H groups in total. The highest BCUT2D eigenvalue weighted by atomic mass is 35.5. The first-order chi connectivity index (χ1) is 18.7. The molecular formula is C31H41ClN6O2. The number of carbonyl (C=O) groups excluding carboxylic acids is 1. The molecule has 40 heavy (non-hydrogen) atoms. The van der Waals surface area contributed by atoms with E-state index < -0.39 is 0 Å². The van der Waals surface area contributed by atoms with Crippen LogP contribution in [0.2, 0.25) is 5.15 Å². The van der Waals surface area contributed by atoms with Crippen LogP contribution in [0.25, 0.3) is 11.1 Å². The van der Waals surface area contributed by atoms with Crippen molar-refractivity contribution >= 4 is 17.4 Å². The summed E-state index contributed by atoms with van der Waals surface area (Å²) < 4.78 is 8.73. The first kappa shape index (κ1) is 28.8. The summed E-state index contributed by atoms with van der Waals surface area (Å²) in [5, 5.41) is 12.9. The molecule has 2 saturated carbocycles. The summed E-state index contributed by atoms with van der Waals surface area (Å²) in [6, 6.07) is 5.27. The summed E-state index contributed by atoms with van der Waals surface area (Å²) in [5.41, 5.74) is 10.5. The lowest BCUT2D eigenvalue weighted by Crippen LogP contribution is -2.57. The number of halogens is 1. The number of ketones is 1. The fourth-order valence-corrected chi connectivity index (χ4v) is 8.40. The monoisotopic (exact) mass is 564 g/mol. The molecule has 0 amide bonds. The van der Waals surface area contributed by atoms with Crippen molar-refractivity contribution < 1.29 is 9.53 Å². The van der Waals surface area contributed by atoms with Gasteiger partial charge in [-0.3, -0.25) is 14.5 Å². The van der Waals surface area contributed by atoms with Crippen molar-refractivity contribution in [1.29, 1.82) is 0 Å². The minimum atomic E-state index is -0.288. The number of nitrogens with zero attached hydrogens (tertiary/aromatic N) is 5. The van der Waals surface area contributed by atoms with Crippen molar-refractivity contribution in [2.24, 2.45) is 22.0 Å². The minimum Gasteiger partial charge on any atom is -0.374 e. The molecule has 2 fully saturated rings. The van der Waals surface area contributed by atoms with Gasteiger partial charge in [0, 0.05) is 36.1 Å². The van der Waals surface area contributed by atoms with Crippen LogP contribution in [-0.4, -0.2) is 49.5 Å². The van der Waals surface area contributed by atoms with E-state index in [-0.39, 0.29) is 38.5 Å². The van der Waals surface area contributed by atoms with E-state index in [9.17, 15) is 4.79 Å². The van der Waals surface area contributed by atoms with Gasteiger partial charge in [0.05, 0.1) is 18.4 Å². The van der Waals surface area contributed by atoms with E-state index in [0.717, 1.165) is 49.0 Å². The molecule has 214 valence electrons. The first-order valence-corrected chi connectivity index (χ1v) is 14.5. The van der Waals surface area contributed by atoms with Gasteiger partial charge in [-0.05, 0) is 79.9 Å². The highest BCUT2D eigenvalue weighted by molar-refractivity contribution is 6.30. The van der Waals surface area contributed by atoms with E-state index in [2.05, 4.69) is 54.5 Å². The number of fused-ring (bicyclic) bond motifs is 2. The van der Waals surface area contributed by atoms with Gasteiger partial charge in [-0.15, -0.1) is 10.2 Å². The third-order valence-electron chi connectivity index (χ3n) is 8.68. The van der Waals surface area contributed by atoms with Crippen LogP contribution in [0.4, 0.5) is 0 Å². The molecule has 8 nitrogen and oxygen atoms in total. The van der Waals surface area contributed by atoms with E-state index in [0.29, 0.717) is 24.4 Å². The van der Waals surface area contributed by atoms with Crippen molar-refractivity contribution in [1.82, 2.24) is 25.0 Å². The van der Waals surface area contributed by atoms with Crippen LogP contribution < -0.4 is 5.73 Å². The predicted octanol–water partition coefficient (Wildman–Crippen LogP) is 5.97. The normalized spacial score (nSPS) is 27.5. The summed E-state index contributed by atoms with van der Waals surface area (Å²) in [7, 11) is 0. The number of aromatic nitrogens is 5. The fraction of sp³-hybridized carbons (Fsp3) is 0.581. The average Bonchev–Trinajstić information content (AvgIpc) is 3.21. The Labute approximate surface area is 242 Å². The third kappa shape index (κ3) is 5.71. The standard InChI is InChI=1S/C31H41ClN6O2/c1-20-11-25(36-37-27(20)32)26(39)24-8-7-22(12-34-24)23-13-35-38(21(23)2)19-30(6)16-29(5)14-28(3,4)15-31(17-29,18-30)40-10-9-33/h7-8,11-13H,9-10,14-19,33H2,1-6H3. The van der Waals surface area contributed by atoms with Gasteiger partial charge in [-0.25, -0.2) is 0 Å². The molecule has 0 spiro atoms. The lowest BCUT2D eigenvalue weighted by molar-refractivity contribution is -0.192. The van der Waals surface area contributed by atoms with Gasteiger partial charge in [-0.1, -0.05) is 45.4 Å². The van der Waals surface area contributed by atoms with Crippen molar-refractivity contribution in [3.63, 3.8) is 0 Å². The maximum Gasteiger partial charge on any atom is 0.231 e. The molecule has 0 aromatic carbocycles. The molecule has 0 saturated heterocycles. The van der Waals surface area contributed by atoms with E-state index in [4.69, 9.17) is 27.2 Å². The SMILES string of the molecule is Cc1cc(C(=O)c2ccc(-c3cnn(CC4(C)CC5(C)CC(C)(C)CC(OCCN)(C4)C5)c3C)cn2)nnc1Cl. The molecule has 0 radical (unpaired) electrons. The number of nitrogens with two attached hydrogens (primary N) is 1. The van der Waals surface area contributed by atoms with Crippen molar-refractivity contribution in [2.45, 2.75) is 85.8 Å². The number of aryl methyl sites for hydroxylation is 1. The van der Waals surface area contributed by atoms with Crippen LogP contribution >= 0.6 is 11.6 Å². The summed E-state index contributed by atoms with van der Waals surface area (Å²) in [6.07, 6.45) is 9.12. The summed E-state index contributed by atoms with van der Waals surface area (Å²) in [5.74, 6) is -0.288. The maximum absolute atomic E-state index is 12.9. The molecule has 9 heteroatoms. The first-order valence-electron chi connectivity index (χ1n) is 14.1. The minimum absolute atomic E-state index is 0.0401. The van der Waals surface area contributed by atoms with Crippen molar-refractivity contribution in [3.8, 4) is 11.1 Å². The largest absolute Gasteiger partial charge is 0.374 e. The van der Waals surface area contributed by atoms with Crippen LogP contribution in [0, 0.1) is 30.1 Å². The quantitative estimate of drug-likeness (QED) is 0.336. The number of rotatable bonds is 8. The van der Waals surface area contributed by atoms with E-state index in [1.165, 1.54) is 6.42 Å². The predicted molar refractivity (Wildman–Crippen MR) is 156 cm³/mol. The molecule has 2 aliphatic rings. The lowest BCUT2D eigenvalue weighted by atomic mass is 9.48. The molecule has 3 atom stereocenters. The van der Waals surface area contributed by atoms with Crippen molar-refractivity contribution in [3.05, 3.63) is 58.4 Å². The molecule has 2 aliphatic carbocycles. The summed E-state index contributed by atoms with van der Waals surface area (Å²) in [4.78, 5) is 17.3. The number of ether oxygens (including phenoxy) is 1. The van der Waals surface area contributed by atoms with Gasteiger partial charge in [0.1, 0.15) is 11.4 Å². The van der Waals surface area contributed by atoms with Crippen LogP contribution in [0.3, 0.4) is 0 Å². The van der Waals surface area contributed by atoms with E-state index in [1.54, 1.807) is 25.3 Å². The van der Waals surface area contributed by atoms with Crippen LogP contribution in [-0.2, 0) is 11.3 Å². The molecule has 3 aromatic rings.